The lowest BCUT2D eigenvalue weighted by atomic mass is 9.72. The van der Waals surface area contributed by atoms with Crippen molar-refractivity contribution in [3.63, 3.8) is 0 Å². The van der Waals surface area contributed by atoms with Gasteiger partial charge in [-0.15, -0.1) is 0 Å². The van der Waals surface area contributed by atoms with Gasteiger partial charge >= 0.3 is 6.03 Å². The molecule has 40 heavy (non-hydrogen) atoms. The summed E-state index contributed by atoms with van der Waals surface area (Å²) in [6, 6.07) is 17.7. The Morgan fingerprint density at radius 2 is 1.75 bits per heavy atom. The number of urea groups is 1. The molecule has 1 unspecified atom stereocenters. The standard InChI is InChI=1S/C33H37Cl2N3O2/c1-21-16-24-10-7-15-33(2,3)26(24)18-29(21)37-32(40)36-19-25-9-5-4-8-23(25)17-22-13-14-30(39)38(20-22)31-27(34)11-6-12-28(31)35/h4-6,8-9,11-12,16,18,22H,7,10,13-15,17,19-20H2,1-3H3,(H2,36,37,40). The molecule has 0 spiro atoms. The van der Waals surface area contributed by atoms with Gasteiger partial charge in [0.05, 0.1) is 15.7 Å². The molecule has 3 aromatic carbocycles. The van der Waals surface area contributed by atoms with Crippen LogP contribution in [0.3, 0.4) is 0 Å². The molecule has 210 valence electrons. The lowest BCUT2D eigenvalue weighted by molar-refractivity contribution is -0.120. The Morgan fingerprint density at radius 3 is 2.50 bits per heavy atom. The van der Waals surface area contributed by atoms with Crippen LogP contribution in [-0.2, 0) is 29.6 Å². The van der Waals surface area contributed by atoms with Crippen LogP contribution in [0.4, 0.5) is 16.2 Å². The van der Waals surface area contributed by atoms with E-state index in [0.29, 0.717) is 35.2 Å². The van der Waals surface area contributed by atoms with Crippen LogP contribution in [-0.4, -0.2) is 18.5 Å². The second kappa shape index (κ2) is 11.8. The fourth-order valence-electron chi connectivity index (χ4n) is 6.22. The average Bonchev–Trinajstić information content (AvgIpc) is 2.90. The second-order valence-electron chi connectivity index (χ2n) is 11.8. The minimum Gasteiger partial charge on any atom is -0.334 e. The van der Waals surface area contributed by atoms with E-state index < -0.39 is 0 Å². The first-order chi connectivity index (χ1) is 19.1. The minimum atomic E-state index is -0.214. The fraction of sp³-hybridized carbons (Fsp3) is 0.394. The van der Waals surface area contributed by atoms with Crippen molar-refractivity contribution in [2.24, 2.45) is 5.92 Å². The third kappa shape index (κ3) is 6.16. The summed E-state index contributed by atoms with van der Waals surface area (Å²) in [5.41, 5.74) is 7.62. The molecule has 0 aromatic heterocycles. The number of hydrogen-bond donors (Lipinski definition) is 2. The summed E-state index contributed by atoms with van der Waals surface area (Å²) in [6.45, 7) is 7.60. The van der Waals surface area contributed by atoms with Crippen LogP contribution in [0.1, 0.15) is 67.3 Å². The maximum Gasteiger partial charge on any atom is 0.319 e. The third-order valence-electron chi connectivity index (χ3n) is 8.46. The first-order valence-electron chi connectivity index (χ1n) is 14.1. The lowest BCUT2D eigenvalue weighted by Gasteiger charge is -2.34. The third-order valence-corrected chi connectivity index (χ3v) is 9.07. The van der Waals surface area contributed by atoms with Crippen LogP contribution in [0.25, 0.3) is 0 Å². The van der Waals surface area contributed by atoms with E-state index in [1.165, 1.54) is 23.1 Å². The SMILES string of the molecule is Cc1cc2c(cc1NC(=O)NCc1ccccc1CC1CCC(=O)N(c3c(Cl)cccc3Cl)C1)C(C)(C)CCC2. The zero-order valence-corrected chi connectivity index (χ0v) is 25.0. The highest BCUT2D eigenvalue weighted by molar-refractivity contribution is 6.39. The number of anilines is 2. The van der Waals surface area contributed by atoms with Gasteiger partial charge in [-0.1, -0.05) is 73.4 Å². The number of rotatable bonds is 6. The monoisotopic (exact) mass is 577 g/mol. The number of piperidine rings is 1. The van der Waals surface area contributed by atoms with Crippen molar-refractivity contribution >= 4 is 46.5 Å². The summed E-state index contributed by atoms with van der Waals surface area (Å²) in [4.78, 5) is 27.5. The van der Waals surface area contributed by atoms with E-state index in [1.807, 2.05) is 12.1 Å². The van der Waals surface area contributed by atoms with Crippen molar-refractivity contribution in [1.29, 1.82) is 0 Å². The zero-order valence-electron chi connectivity index (χ0n) is 23.4. The largest absolute Gasteiger partial charge is 0.334 e. The van der Waals surface area contributed by atoms with Gasteiger partial charge in [0.15, 0.2) is 0 Å². The Labute approximate surface area is 247 Å². The number of hydrogen-bond acceptors (Lipinski definition) is 2. The van der Waals surface area contributed by atoms with E-state index in [-0.39, 0.29) is 23.3 Å². The Balaban J connectivity index is 1.24. The first kappa shape index (κ1) is 28.5. The van der Waals surface area contributed by atoms with Gasteiger partial charge in [-0.3, -0.25) is 4.79 Å². The van der Waals surface area contributed by atoms with E-state index in [0.717, 1.165) is 42.5 Å². The molecule has 1 saturated heterocycles. The molecular formula is C33H37Cl2N3O2. The number of benzene rings is 3. The summed E-state index contributed by atoms with van der Waals surface area (Å²) in [7, 11) is 0. The molecule has 0 bridgehead atoms. The van der Waals surface area contributed by atoms with Crippen LogP contribution in [0.2, 0.25) is 10.0 Å². The molecule has 1 fully saturated rings. The van der Waals surface area contributed by atoms with Gasteiger partial charge < -0.3 is 15.5 Å². The van der Waals surface area contributed by atoms with Crippen LogP contribution < -0.4 is 15.5 Å². The molecule has 0 radical (unpaired) electrons. The number of nitrogens with zero attached hydrogens (tertiary/aromatic N) is 1. The molecule has 2 N–H and O–H groups in total. The van der Waals surface area contributed by atoms with Gasteiger partial charge in [0.1, 0.15) is 0 Å². The average molecular weight is 579 g/mol. The maximum absolute atomic E-state index is 13.0. The molecule has 5 nitrogen and oxygen atoms in total. The van der Waals surface area contributed by atoms with Crippen molar-refractivity contribution in [2.45, 2.75) is 71.3 Å². The number of para-hydroxylation sites is 1. The van der Waals surface area contributed by atoms with Gasteiger partial charge in [-0.25, -0.2) is 4.79 Å². The molecule has 1 aliphatic heterocycles. The van der Waals surface area contributed by atoms with Gasteiger partial charge in [-0.2, -0.15) is 0 Å². The number of carbonyl (C=O) groups is 2. The van der Waals surface area contributed by atoms with Crippen LogP contribution in [0.15, 0.2) is 54.6 Å². The van der Waals surface area contributed by atoms with Gasteiger partial charge in [0.2, 0.25) is 5.91 Å². The fourth-order valence-corrected chi connectivity index (χ4v) is 6.82. The van der Waals surface area contributed by atoms with E-state index in [2.05, 4.69) is 55.7 Å². The van der Waals surface area contributed by atoms with Crippen LogP contribution >= 0.6 is 23.2 Å². The molecule has 3 amide bonds. The van der Waals surface area contributed by atoms with Gasteiger partial charge in [0, 0.05) is 25.2 Å². The first-order valence-corrected chi connectivity index (χ1v) is 14.9. The van der Waals surface area contributed by atoms with Gasteiger partial charge in [-0.05, 0) is 96.4 Å². The Morgan fingerprint density at radius 1 is 1.02 bits per heavy atom. The molecule has 2 aliphatic rings. The Kier molecular flexibility index (Phi) is 8.44. The highest BCUT2D eigenvalue weighted by atomic mass is 35.5. The van der Waals surface area contributed by atoms with Crippen LogP contribution in [0.5, 0.6) is 0 Å². The molecule has 1 aliphatic carbocycles. The van der Waals surface area contributed by atoms with Crippen molar-refractivity contribution in [1.82, 2.24) is 5.32 Å². The van der Waals surface area contributed by atoms with E-state index in [4.69, 9.17) is 23.2 Å². The minimum absolute atomic E-state index is 0.0405. The number of nitrogens with one attached hydrogen (secondary N) is 2. The second-order valence-corrected chi connectivity index (χ2v) is 12.6. The molecule has 7 heteroatoms. The Hall–Kier alpha value is -3.02. The van der Waals surface area contributed by atoms with E-state index >= 15 is 0 Å². The number of halogens is 2. The number of aryl methyl sites for hydroxylation is 2. The molecule has 5 rings (SSSR count). The summed E-state index contributed by atoms with van der Waals surface area (Å²) < 4.78 is 0. The van der Waals surface area contributed by atoms with Crippen LogP contribution in [0, 0.1) is 12.8 Å². The summed E-state index contributed by atoms with van der Waals surface area (Å²) >= 11 is 12.8. The smallest absolute Gasteiger partial charge is 0.319 e. The number of fused-ring (bicyclic) bond motifs is 1. The summed E-state index contributed by atoms with van der Waals surface area (Å²) in [5.74, 6) is 0.292. The predicted molar refractivity (Wildman–Crippen MR) is 165 cm³/mol. The highest BCUT2D eigenvalue weighted by Gasteiger charge is 2.30. The quantitative estimate of drug-likeness (QED) is 0.310. The maximum atomic E-state index is 13.0. The lowest BCUT2D eigenvalue weighted by Crippen LogP contribution is -2.41. The molecule has 3 aromatic rings. The number of amides is 3. The zero-order chi connectivity index (χ0) is 28.4. The Bertz CT molecular complexity index is 1410. The predicted octanol–water partition coefficient (Wildman–Crippen LogP) is 8.22. The topological polar surface area (TPSA) is 61.4 Å². The van der Waals surface area contributed by atoms with Crippen molar-refractivity contribution in [2.75, 3.05) is 16.8 Å². The van der Waals surface area contributed by atoms with Gasteiger partial charge in [0.25, 0.3) is 0 Å². The molecular weight excluding hydrogens is 541 g/mol. The summed E-state index contributed by atoms with van der Waals surface area (Å²) in [6.07, 6.45) is 5.50. The van der Waals surface area contributed by atoms with Crippen molar-refractivity contribution in [3.05, 3.63) is 92.5 Å². The molecule has 1 heterocycles. The summed E-state index contributed by atoms with van der Waals surface area (Å²) in [5, 5.41) is 7.11. The van der Waals surface area contributed by atoms with E-state index in [9.17, 15) is 9.59 Å². The molecule has 0 saturated carbocycles. The normalized spacial score (nSPS) is 18.3. The van der Waals surface area contributed by atoms with E-state index in [1.54, 1.807) is 23.1 Å². The molecule has 1 atom stereocenters. The number of carbonyl (C=O) groups excluding carboxylic acids is 2. The highest BCUT2D eigenvalue weighted by Crippen LogP contribution is 2.39. The van der Waals surface area contributed by atoms with Crippen molar-refractivity contribution < 1.29 is 9.59 Å². The van der Waals surface area contributed by atoms with Crippen molar-refractivity contribution in [3.8, 4) is 0 Å².